The van der Waals surface area contributed by atoms with Crippen molar-refractivity contribution in [2.24, 2.45) is 5.10 Å². The van der Waals surface area contributed by atoms with E-state index in [-0.39, 0.29) is 5.75 Å². The topological polar surface area (TPSA) is 49.7 Å². The highest BCUT2D eigenvalue weighted by Gasteiger charge is 2.29. The number of benzene rings is 2. The van der Waals surface area contributed by atoms with Crippen LogP contribution in [0.5, 0.6) is 0 Å². The Bertz CT molecular complexity index is 758. The zero-order valence-electron chi connectivity index (χ0n) is 12.9. The second kappa shape index (κ2) is 6.96. The van der Waals surface area contributed by atoms with Crippen LogP contribution in [-0.4, -0.2) is 25.6 Å². The third-order valence-electron chi connectivity index (χ3n) is 3.98. The number of nitrogens with zero attached hydrogens (tertiary/aromatic N) is 2. The van der Waals surface area contributed by atoms with E-state index in [9.17, 15) is 8.42 Å². The maximum atomic E-state index is 12.0. The molecular formula is C18H20N2O2S. The van der Waals surface area contributed by atoms with Crippen molar-refractivity contribution in [1.29, 1.82) is 0 Å². The second-order valence-corrected chi connectivity index (χ2v) is 8.03. The Morgan fingerprint density at radius 2 is 1.70 bits per heavy atom. The number of hydrogen-bond donors (Lipinski definition) is 0. The lowest BCUT2D eigenvalue weighted by Gasteiger charge is -2.20. The van der Waals surface area contributed by atoms with Gasteiger partial charge in [0, 0.05) is 6.21 Å². The Balaban J connectivity index is 1.84. The van der Waals surface area contributed by atoms with Gasteiger partial charge in [-0.1, -0.05) is 48.5 Å². The molecule has 2 aromatic carbocycles. The third kappa shape index (κ3) is 3.99. The van der Waals surface area contributed by atoms with Crippen molar-refractivity contribution in [3.05, 3.63) is 66.2 Å². The van der Waals surface area contributed by atoms with Crippen LogP contribution in [0.2, 0.25) is 0 Å². The molecule has 120 valence electrons. The molecule has 1 atom stereocenters. The Morgan fingerprint density at radius 1 is 1.04 bits per heavy atom. The first kappa shape index (κ1) is 15.7. The maximum absolute atomic E-state index is 12.0. The molecule has 1 aliphatic rings. The van der Waals surface area contributed by atoms with E-state index < -0.39 is 15.1 Å². The number of hydrogen-bond acceptors (Lipinski definition) is 4. The monoisotopic (exact) mass is 328 g/mol. The standard InChI is InChI=1S/C18H20N2O2S/c21-23(22)13-7-12-18(23)14-19-20(17-10-5-2-6-11-17)15-16-8-3-1-4-9-16/h1-6,8-11,14,18H,7,12-13,15H2/b19-14-/t18-/m0/s1. The molecule has 0 radical (unpaired) electrons. The first-order valence-corrected chi connectivity index (χ1v) is 9.49. The van der Waals surface area contributed by atoms with Gasteiger partial charge in [-0.2, -0.15) is 5.10 Å². The van der Waals surface area contributed by atoms with Crippen molar-refractivity contribution in [2.45, 2.75) is 24.6 Å². The van der Waals surface area contributed by atoms with E-state index in [1.54, 1.807) is 6.21 Å². The summed E-state index contributed by atoms with van der Waals surface area (Å²) in [6.07, 6.45) is 2.99. The molecule has 4 nitrogen and oxygen atoms in total. The minimum Gasteiger partial charge on any atom is -0.261 e. The van der Waals surface area contributed by atoms with E-state index in [1.165, 1.54) is 0 Å². The van der Waals surface area contributed by atoms with Gasteiger partial charge in [0.15, 0.2) is 9.84 Å². The fourth-order valence-electron chi connectivity index (χ4n) is 2.69. The summed E-state index contributed by atoms with van der Waals surface area (Å²) in [5.41, 5.74) is 2.07. The minimum atomic E-state index is -3.01. The Hall–Kier alpha value is -2.14. The average molecular weight is 328 g/mol. The Morgan fingerprint density at radius 3 is 2.30 bits per heavy atom. The first-order valence-electron chi connectivity index (χ1n) is 7.77. The van der Waals surface area contributed by atoms with E-state index in [4.69, 9.17) is 0 Å². The molecule has 0 aliphatic carbocycles. The molecule has 0 saturated carbocycles. The van der Waals surface area contributed by atoms with Crippen molar-refractivity contribution in [3.8, 4) is 0 Å². The fraction of sp³-hybridized carbons (Fsp3) is 0.278. The molecule has 3 rings (SSSR count). The van der Waals surface area contributed by atoms with Gasteiger partial charge in [0.05, 0.1) is 23.2 Å². The molecule has 0 amide bonds. The summed E-state index contributed by atoms with van der Waals surface area (Å²) in [7, 11) is -3.01. The summed E-state index contributed by atoms with van der Waals surface area (Å²) in [6, 6.07) is 19.8. The first-order chi connectivity index (χ1) is 11.1. The quantitative estimate of drug-likeness (QED) is 0.625. The highest BCUT2D eigenvalue weighted by atomic mass is 32.2. The molecule has 1 heterocycles. The second-order valence-electron chi connectivity index (χ2n) is 5.69. The molecule has 2 aromatic rings. The van der Waals surface area contributed by atoms with Gasteiger partial charge < -0.3 is 0 Å². The van der Waals surface area contributed by atoms with Crippen LogP contribution in [0.3, 0.4) is 0 Å². The van der Waals surface area contributed by atoms with E-state index in [1.807, 2.05) is 65.7 Å². The summed E-state index contributed by atoms with van der Waals surface area (Å²) >= 11 is 0. The van der Waals surface area contributed by atoms with Crippen LogP contribution in [0.1, 0.15) is 18.4 Å². The van der Waals surface area contributed by atoms with Gasteiger partial charge in [-0.05, 0) is 30.5 Å². The van der Waals surface area contributed by atoms with Crippen molar-refractivity contribution in [2.75, 3.05) is 10.8 Å². The lowest BCUT2D eigenvalue weighted by molar-refractivity contribution is 0.599. The summed E-state index contributed by atoms with van der Waals surface area (Å²) in [5, 5.41) is 5.89. The smallest absolute Gasteiger partial charge is 0.158 e. The summed E-state index contributed by atoms with van der Waals surface area (Å²) in [6.45, 7) is 0.605. The molecular weight excluding hydrogens is 308 g/mol. The lowest BCUT2D eigenvalue weighted by Crippen LogP contribution is -2.22. The number of sulfone groups is 1. The van der Waals surface area contributed by atoms with Crippen molar-refractivity contribution >= 4 is 21.7 Å². The summed E-state index contributed by atoms with van der Waals surface area (Å²) in [5.74, 6) is 0.272. The maximum Gasteiger partial charge on any atom is 0.158 e. The molecule has 0 aromatic heterocycles. The molecule has 1 saturated heterocycles. The number of anilines is 1. The van der Waals surface area contributed by atoms with Gasteiger partial charge in [0.1, 0.15) is 0 Å². The van der Waals surface area contributed by atoms with Gasteiger partial charge in [0.2, 0.25) is 0 Å². The van der Waals surface area contributed by atoms with Crippen LogP contribution in [0, 0.1) is 0 Å². The average Bonchev–Trinajstić information content (AvgIpc) is 2.92. The van der Waals surface area contributed by atoms with Crippen LogP contribution in [0.15, 0.2) is 65.8 Å². The number of hydrazone groups is 1. The van der Waals surface area contributed by atoms with Crippen LogP contribution in [0.25, 0.3) is 0 Å². The molecule has 5 heteroatoms. The highest BCUT2D eigenvalue weighted by Crippen LogP contribution is 2.21. The van der Waals surface area contributed by atoms with E-state index in [0.29, 0.717) is 13.0 Å². The van der Waals surface area contributed by atoms with E-state index in [2.05, 4.69) is 5.10 Å². The fourth-order valence-corrected chi connectivity index (χ4v) is 4.33. The van der Waals surface area contributed by atoms with Crippen LogP contribution >= 0.6 is 0 Å². The highest BCUT2D eigenvalue weighted by molar-refractivity contribution is 7.92. The molecule has 0 unspecified atom stereocenters. The SMILES string of the molecule is O=S1(=O)CCC[C@H]1/C=N\N(Cc1ccccc1)c1ccccc1. The van der Waals surface area contributed by atoms with E-state index >= 15 is 0 Å². The molecule has 0 spiro atoms. The number of para-hydroxylation sites is 1. The predicted octanol–water partition coefficient (Wildman–Crippen LogP) is 3.26. The van der Waals surface area contributed by atoms with Crippen LogP contribution < -0.4 is 5.01 Å². The third-order valence-corrected chi connectivity index (χ3v) is 6.12. The van der Waals surface area contributed by atoms with Crippen molar-refractivity contribution in [1.82, 2.24) is 0 Å². The molecule has 1 fully saturated rings. The lowest BCUT2D eigenvalue weighted by atomic mass is 10.2. The Labute approximate surface area is 137 Å². The van der Waals surface area contributed by atoms with Gasteiger partial charge in [-0.15, -0.1) is 0 Å². The predicted molar refractivity (Wildman–Crippen MR) is 94.4 cm³/mol. The normalized spacial score (nSPS) is 19.9. The zero-order chi connectivity index (χ0) is 16.1. The minimum absolute atomic E-state index is 0.272. The van der Waals surface area contributed by atoms with Crippen molar-refractivity contribution < 1.29 is 8.42 Å². The van der Waals surface area contributed by atoms with Crippen LogP contribution in [0.4, 0.5) is 5.69 Å². The molecule has 1 aliphatic heterocycles. The van der Waals surface area contributed by atoms with E-state index in [0.717, 1.165) is 17.7 Å². The molecule has 0 bridgehead atoms. The largest absolute Gasteiger partial charge is 0.261 e. The van der Waals surface area contributed by atoms with Gasteiger partial charge in [-0.3, -0.25) is 5.01 Å². The van der Waals surface area contributed by atoms with Gasteiger partial charge >= 0.3 is 0 Å². The summed E-state index contributed by atoms with van der Waals surface area (Å²) < 4.78 is 23.9. The van der Waals surface area contributed by atoms with Crippen molar-refractivity contribution in [3.63, 3.8) is 0 Å². The van der Waals surface area contributed by atoms with Gasteiger partial charge in [-0.25, -0.2) is 8.42 Å². The van der Waals surface area contributed by atoms with Crippen LogP contribution in [-0.2, 0) is 16.4 Å². The number of rotatable bonds is 5. The summed E-state index contributed by atoms with van der Waals surface area (Å²) in [4.78, 5) is 0. The molecule has 0 N–H and O–H groups in total. The zero-order valence-corrected chi connectivity index (χ0v) is 13.7. The molecule has 23 heavy (non-hydrogen) atoms. The van der Waals surface area contributed by atoms with Gasteiger partial charge in [0.25, 0.3) is 0 Å². The Kier molecular flexibility index (Phi) is 4.76.